The SMILES string of the molecule is c1ccc(-c2nc(-c3ccccc3)nc(-n3c4ccccc4c4cc(-c5ccc6c(c5)c5ccc7c(ccn7-c7ccccc7)c5n6-c5ccccc5)ccc43)n2)cc1. The number of para-hydroxylation sites is 3. The highest BCUT2D eigenvalue weighted by Crippen LogP contribution is 2.41. The van der Waals surface area contributed by atoms with Gasteiger partial charge in [-0.1, -0.05) is 133 Å². The van der Waals surface area contributed by atoms with Crippen molar-refractivity contribution in [3.8, 4) is 51.2 Å². The van der Waals surface area contributed by atoms with Crippen LogP contribution in [-0.4, -0.2) is 28.7 Å². The van der Waals surface area contributed by atoms with Crippen LogP contribution in [0, 0.1) is 0 Å². The van der Waals surface area contributed by atoms with Gasteiger partial charge in [-0.2, -0.15) is 9.97 Å². The maximum absolute atomic E-state index is 5.12. The van der Waals surface area contributed by atoms with Gasteiger partial charge in [0, 0.05) is 55.6 Å². The van der Waals surface area contributed by atoms with Gasteiger partial charge in [0.1, 0.15) is 0 Å². The Kier molecular flexibility index (Phi) is 7.43. The smallest absolute Gasteiger partial charge is 0.238 e. The summed E-state index contributed by atoms with van der Waals surface area (Å²) >= 11 is 0. The van der Waals surface area contributed by atoms with Gasteiger partial charge in [0.05, 0.1) is 27.6 Å². The number of rotatable bonds is 6. The van der Waals surface area contributed by atoms with Gasteiger partial charge in [0.15, 0.2) is 11.6 Å². The lowest BCUT2D eigenvalue weighted by atomic mass is 10.0. The van der Waals surface area contributed by atoms with Crippen molar-refractivity contribution in [3.05, 3.63) is 206 Å². The van der Waals surface area contributed by atoms with Crippen LogP contribution in [0.25, 0.3) is 106 Å². The van der Waals surface area contributed by atoms with Gasteiger partial charge >= 0.3 is 0 Å². The van der Waals surface area contributed by atoms with E-state index >= 15 is 0 Å². The van der Waals surface area contributed by atoms with Gasteiger partial charge in [-0.15, -0.1) is 0 Å². The molecular formula is C53H34N6. The van der Waals surface area contributed by atoms with Crippen LogP contribution in [0.2, 0.25) is 0 Å². The molecule has 8 aromatic carbocycles. The monoisotopic (exact) mass is 754 g/mol. The van der Waals surface area contributed by atoms with Crippen molar-refractivity contribution in [2.75, 3.05) is 0 Å². The molecule has 12 aromatic rings. The molecule has 0 saturated carbocycles. The summed E-state index contributed by atoms with van der Waals surface area (Å²) in [4.78, 5) is 15.2. The third-order valence-electron chi connectivity index (χ3n) is 11.5. The summed E-state index contributed by atoms with van der Waals surface area (Å²) in [5.41, 5.74) is 12.1. The van der Waals surface area contributed by atoms with Crippen molar-refractivity contribution in [3.63, 3.8) is 0 Å². The molecule has 59 heavy (non-hydrogen) atoms. The third kappa shape index (κ3) is 5.31. The molecule has 0 aliphatic heterocycles. The highest BCUT2D eigenvalue weighted by Gasteiger charge is 2.20. The molecule has 0 unspecified atom stereocenters. The molecule has 0 saturated heterocycles. The number of nitrogens with zero attached hydrogens (tertiary/aromatic N) is 6. The number of hydrogen-bond acceptors (Lipinski definition) is 3. The minimum Gasteiger partial charge on any atom is -0.316 e. The Labute approximate surface area is 339 Å². The Morgan fingerprint density at radius 1 is 0.305 bits per heavy atom. The Morgan fingerprint density at radius 2 is 0.814 bits per heavy atom. The average molecular weight is 755 g/mol. The molecule has 0 aliphatic carbocycles. The summed E-state index contributed by atoms with van der Waals surface area (Å²) in [5, 5.41) is 5.92. The maximum Gasteiger partial charge on any atom is 0.238 e. The molecule has 0 amide bonds. The third-order valence-corrected chi connectivity index (χ3v) is 11.5. The van der Waals surface area contributed by atoms with E-state index < -0.39 is 0 Å². The largest absolute Gasteiger partial charge is 0.316 e. The first-order valence-corrected chi connectivity index (χ1v) is 19.9. The summed E-state index contributed by atoms with van der Waals surface area (Å²) < 4.78 is 6.88. The van der Waals surface area contributed by atoms with E-state index in [-0.39, 0.29) is 0 Å². The summed E-state index contributed by atoms with van der Waals surface area (Å²) in [5.74, 6) is 1.85. The minimum atomic E-state index is 0.583. The first kappa shape index (κ1) is 33.1. The predicted molar refractivity (Wildman–Crippen MR) is 242 cm³/mol. The summed E-state index contributed by atoms with van der Waals surface area (Å²) in [6, 6.07) is 70.5. The lowest BCUT2D eigenvalue weighted by Gasteiger charge is -2.11. The van der Waals surface area contributed by atoms with E-state index in [4.69, 9.17) is 15.0 Å². The Morgan fingerprint density at radius 3 is 1.46 bits per heavy atom. The Balaban J connectivity index is 1.05. The zero-order valence-corrected chi connectivity index (χ0v) is 31.8. The number of benzene rings is 8. The lowest BCUT2D eigenvalue weighted by molar-refractivity contribution is 0.953. The molecule has 0 fully saturated rings. The first-order valence-electron chi connectivity index (χ1n) is 19.9. The Bertz CT molecular complexity index is 3470. The van der Waals surface area contributed by atoms with Gasteiger partial charge in [-0.3, -0.25) is 4.57 Å². The van der Waals surface area contributed by atoms with E-state index in [1.54, 1.807) is 0 Å². The standard InChI is InChI=1S/C53H34N6/c1-5-15-35(16-6-1)51-54-52(36-17-7-2-8-18-36)56-53(55-51)59-47-24-14-13-23-41(47)44-33-37(26-29-49(44)59)38-25-28-48-45(34-38)42-27-30-46-43(31-32-57(46)39-19-9-3-10-20-39)50(42)58(48)40-21-11-4-12-22-40/h1-34H. The Hall–Kier alpha value is -8.09. The van der Waals surface area contributed by atoms with Gasteiger partial charge in [0.25, 0.3) is 0 Å². The van der Waals surface area contributed by atoms with E-state index in [1.165, 1.54) is 32.7 Å². The summed E-state index contributed by atoms with van der Waals surface area (Å²) in [6.45, 7) is 0. The molecule has 0 radical (unpaired) electrons. The van der Waals surface area contributed by atoms with E-state index in [2.05, 4.69) is 159 Å². The fourth-order valence-electron chi connectivity index (χ4n) is 8.83. The summed E-state index contributed by atoms with van der Waals surface area (Å²) in [7, 11) is 0. The molecule has 12 rings (SSSR count). The molecule has 0 aliphatic rings. The van der Waals surface area contributed by atoms with Gasteiger partial charge < -0.3 is 9.13 Å². The first-order chi connectivity index (χ1) is 29.3. The fraction of sp³-hybridized carbons (Fsp3) is 0. The van der Waals surface area contributed by atoms with Crippen molar-refractivity contribution < 1.29 is 0 Å². The zero-order valence-electron chi connectivity index (χ0n) is 31.8. The number of hydrogen-bond donors (Lipinski definition) is 0. The van der Waals surface area contributed by atoms with Crippen molar-refractivity contribution >= 4 is 54.5 Å². The van der Waals surface area contributed by atoms with Gasteiger partial charge in [0.2, 0.25) is 5.95 Å². The van der Waals surface area contributed by atoms with Gasteiger partial charge in [-0.05, 0) is 77.9 Å². The molecule has 6 heteroatoms. The highest BCUT2D eigenvalue weighted by atomic mass is 15.2. The highest BCUT2D eigenvalue weighted by molar-refractivity contribution is 6.19. The van der Waals surface area contributed by atoms with Crippen molar-refractivity contribution in [1.29, 1.82) is 0 Å². The number of aromatic nitrogens is 6. The van der Waals surface area contributed by atoms with Crippen molar-refractivity contribution in [1.82, 2.24) is 28.7 Å². The molecule has 0 atom stereocenters. The van der Waals surface area contributed by atoms with Crippen LogP contribution in [0.1, 0.15) is 0 Å². The molecule has 0 N–H and O–H groups in total. The maximum atomic E-state index is 5.12. The topological polar surface area (TPSA) is 53.5 Å². The fourth-order valence-corrected chi connectivity index (χ4v) is 8.83. The molecule has 4 aromatic heterocycles. The predicted octanol–water partition coefficient (Wildman–Crippen LogP) is 13.0. The minimum absolute atomic E-state index is 0.583. The normalized spacial score (nSPS) is 11.7. The van der Waals surface area contributed by atoms with Crippen LogP contribution in [0.3, 0.4) is 0 Å². The molecule has 276 valence electrons. The molecular weight excluding hydrogens is 721 g/mol. The second kappa shape index (κ2) is 13.3. The second-order valence-electron chi connectivity index (χ2n) is 14.9. The van der Waals surface area contributed by atoms with E-state index in [0.29, 0.717) is 17.6 Å². The van der Waals surface area contributed by atoms with E-state index in [1.807, 2.05) is 60.7 Å². The zero-order chi connectivity index (χ0) is 38.9. The molecule has 4 heterocycles. The van der Waals surface area contributed by atoms with Crippen LogP contribution >= 0.6 is 0 Å². The van der Waals surface area contributed by atoms with Crippen molar-refractivity contribution in [2.45, 2.75) is 0 Å². The second-order valence-corrected chi connectivity index (χ2v) is 14.9. The van der Waals surface area contributed by atoms with Crippen LogP contribution in [-0.2, 0) is 0 Å². The average Bonchev–Trinajstić information content (AvgIpc) is 4.00. The number of fused-ring (bicyclic) bond motifs is 8. The molecule has 0 bridgehead atoms. The molecule has 0 spiro atoms. The van der Waals surface area contributed by atoms with Crippen molar-refractivity contribution in [2.24, 2.45) is 0 Å². The van der Waals surface area contributed by atoms with E-state index in [0.717, 1.165) is 55.4 Å². The lowest BCUT2D eigenvalue weighted by Crippen LogP contribution is -2.06. The van der Waals surface area contributed by atoms with E-state index in [9.17, 15) is 0 Å². The van der Waals surface area contributed by atoms with Crippen LogP contribution < -0.4 is 0 Å². The molecule has 6 nitrogen and oxygen atoms in total. The van der Waals surface area contributed by atoms with Gasteiger partial charge in [-0.25, -0.2) is 4.98 Å². The van der Waals surface area contributed by atoms with Crippen LogP contribution in [0.4, 0.5) is 0 Å². The summed E-state index contributed by atoms with van der Waals surface area (Å²) in [6.07, 6.45) is 2.19. The van der Waals surface area contributed by atoms with Crippen LogP contribution in [0.5, 0.6) is 0 Å². The van der Waals surface area contributed by atoms with Crippen LogP contribution in [0.15, 0.2) is 206 Å². The quantitative estimate of drug-likeness (QED) is 0.170.